The number of halogens is 1. The van der Waals surface area contributed by atoms with E-state index in [1.807, 2.05) is 6.07 Å². The van der Waals surface area contributed by atoms with Crippen molar-refractivity contribution < 1.29 is 5.11 Å². The van der Waals surface area contributed by atoms with Crippen molar-refractivity contribution in [1.29, 1.82) is 0 Å². The van der Waals surface area contributed by atoms with Crippen molar-refractivity contribution in [3.8, 4) is 0 Å². The summed E-state index contributed by atoms with van der Waals surface area (Å²) in [5.41, 5.74) is 2.20. The van der Waals surface area contributed by atoms with Gasteiger partial charge in [0.1, 0.15) is 0 Å². The molecule has 100 valence electrons. The molecule has 0 amide bonds. The number of aliphatic hydroxyl groups is 1. The van der Waals surface area contributed by atoms with Crippen LogP contribution < -0.4 is 4.90 Å². The Morgan fingerprint density at radius 3 is 2.83 bits per heavy atom. The minimum absolute atomic E-state index is 0.0870. The van der Waals surface area contributed by atoms with E-state index in [1.165, 1.54) is 17.9 Å². The summed E-state index contributed by atoms with van der Waals surface area (Å²) in [6, 6.07) is 6.23. The molecule has 0 radical (unpaired) electrons. The van der Waals surface area contributed by atoms with Crippen LogP contribution in [0, 0.1) is 0 Å². The molecule has 0 atom stereocenters. The third kappa shape index (κ3) is 3.43. The Labute approximate surface area is 122 Å². The van der Waals surface area contributed by atoms with Gasteiger partial charge in [-0.15, -0.1) is 0 Å². The lowest BCUT2D eigenvalue weighted by molar-refractivity contribution is 0.281. The standard InChI is InChI=1S/C14H20BrNOS/c1-14(2)5-6-16(7-8-18-14)12-4-3-11(10-17)13(15)9-12/h3-4,9,17H,5-8,10H2,1-2H3. The van der Waals surface area contributed by atoms with E-state index in [2.05, 4.69) is 58.6 Å². The molecule has 2 nitrogen and oxygen atoms in total. The Balaban J connectivity index is 2.14. The Hall–Kier alpha value is -0.190. The van der Waals surface area contributed by atoms with Crippen molar-refractivity contribution in [2.45, 2.75) is 31.6 Å². The molecule has 4 heteroatoms. The van der Waals surface area contributed by atoms with Gasteiger partial charge in [-0.05, 0) is 24.1 Å². The van der Waals surface area contributed by atoms with Crippen LogP contribution in [0.25, 0.3) is 0 Å². The average Bonchev–Trinajstić information content (AvgIpc) is 2.50. The SMILES string of the molecule is CC1(C)CCN(c2ccc(CO)c(Br)c2)CCS1. The van der Waals surface area contributed by atoms with Gasteiger partial charge in [0, 0.05) is 33.7 Å². The van der Waals surface area contributed by atoms with Gasteiger partial charge in [-0.1, -0.05) is 35.8 Å². The van der Waals surface area contributed by atoms with Crippen LogP contribution in [0.5, 0.6) is 0 Å². The molecule has 0 aliphatic carbocycles. The molecule has 1 N–H and O–H groups in total. The second-order valence-corrected chi connectivity index (χ2v) is 7.94. The Morgan fingerprint density at radius 2 is 2.17 bits per heavy atom. The molecule has 18 heavy (non-hydrogen) atoms. The maximum absolute atomic E-state index is 9.19. The summed E-state index contributed by atoms with van der Waals surface area (Å²) in [7, 11) is 0. The van der Waals surface area contributed by atoms with E-state index in [4.69, 9.17) is 0 Å². The van der Waals surface area contributed by atoms with Crippen LogP contribution >= 0.6 is 27.7 Å². The van der Waals surface area contributed by atoms with Gasteiger partial charge in [0.05, 0.1) is 6.61 Å². The molecule has 0 unspecified atom stereocenters. The molecular formula is C14H20BrNOS. The minimum Gasteiger partial charge on any atom is -0.392 e. The lowest BCUT2D eigenvalue weighted by Crippen LogP contribution is -2.26. The molecule has 0 saturated carbocycles. The Kier molecular flexibility index (Phi) is 4.62. The zero-order chi connectivity index (χ0) is 13.2. The number of anilines is 1. The highest BCUT2D eigenvalue weighted by Crippen LogP contribution is 2.33. The van der Waals surface area contributed by atoms with E-state index >= 15 is 0 Å². The fraction of sp³-hybridized carbons (Fsp3) is 0.571. The van der Waals surface area contributed by atoms with E-state index in [1.54, 1.807) is 0 Å². The van der Waals surface area contributed by atoms with Crippen molar-refractivity contribution in [3.05, 3.63) is 28.2 Å². The van der Waals surface area contributed by atoms with Gasteiger partial charge in [-0.2, -0.15) is 11.8 Å². The van der Waals surface area contributed by atoms with Gasteiger partial charge in [0.15, 0.2) is 0 Å². The molecule has 1 heterocycles. The van der Waals surface area contributed by atoms with Gasteiger partial charge in [-0.25, -0.2) is 0 Å². The molecule has 1 fully saturated rings. The summed E-state index contributed by atoms with van der Waals surface area (Å²) in [6.07, 6.45) is 1.21. The average molecular weight is 330 g/mol. The van der Waals surface area contributed by atoms with Crippen LogP contribution in [0.15, 0.2) is 22.7 Å². The van der Waals surface area contributed by atoms with Gasteiger partial charge >= 0.3 is 0 Å². The number of hydrogen-bond acceptors (Lipinski definition) is 3. The predicted molar refractivity (Wildman–Crippen MR) is 83.4 cm³/mol. The first kappa shape index (κ1) is 14.2. The quantitative estimate of drug-likeness (QED) is 0.895. The molecule has 1 aliphatic rings. The van der Waals surface area contributed by atoms with Gasteiger partial charge in [-0.3, -0.25) is 0 Å². The van der Waals surface area contributed by atoms with Crippen LogP contribution in [-0.4, -0.2) is 28.7 Å². The van der Waals surface area contributed by atoms with E-state index in [0.29, 0.717) is 4.75 Å². The summed E-state index contributed by atoms with van der Waals surface area (Å²) in [4.78, 5) is 2.44. The van der Waals surface area contributed by atoms with Crippen LogP contribution in [-0.2, 0) is 6.61 Å². The number of rotatable bonds is 2. The van der Waals surface area contributed by atoms with Gasteiger partial charge in [0.2, 0.25) is 0 Å². The zero-order valence-corrected chi connectivity index (χ0v) is 13.4. The normalized spacial score (nSPS) is 19.7. The summed E-state index contributed by atoms with van der Waals surface area (Å²) < 4.78 is 1.38. The van der Waals surface area contributed by atoms with Crippen LogP contribution in [0.3, 0.4) is 0 Å². The topological polar surface area (TPSA) is 23.5 Å². The molecule has 1 aromatic carbocycles. The summed E-state index contributed by atoms with van der Waals surface area (Å²) in [6.45, 7) is 6.94. The molecule has 0 bridgehead atoms. The minimum atomic E-state index is 0.0870. The first-order chi connectivity index (χ1) is 8.52. The number of benzene rings is 1. The number of nitrogens with zero attached hydrogens (tertiary/aromatic N) is 1. The highest BCUT2D eigenvalue weighted by molar-refractivity contribution is 9.10. The lowest BCUT2D eigenvalue weighted by Gasteiger charge is -2.24. The van der Waals surface area contributed by atoms with E-state index in [9.17, 15) is 5.11 Å². The first-order valence-corrected chi connectivity index (χ1v) is 8.08. The predicted octanol–water partition coefficient (Wildman–Crippen LogP) is 3.66. The fourth-order valence-corrected chi connectivity index (χ4v) is 3.73. The van der Waals surface area contributed by atoms with Crippen molar-refractivity contribution >= 4 is 33.4 Å². The second kappa shape index (κ2) is 5.85. The number of aliphatic hydroxyl groups excluding tert-OH is 1. The van der Waals surface area contributed by atoms with Crippen molar-refractivity contribution in [3.63, 3.8) is 0 Å². The van der Waals surface area contributed by atoms with Crippen molar-refractivity contribution in [1.82, 2.24) is 0 Å². The van der Waals surface area contributed by atoms with Crippen molar-refractivity contribution in [2.75, 3.05) is 23.7 Å². The largest absolute Gasteiger partial charge is 0.392 e. The highest BCUT2D eigenvalue weighted by Gasteiger charge is 2.23. The molecule has 1 aliphatic heterocycles. The van der Waals surface area contributed by atoms with Crippen LogP contribution in [0.1, 0.15) is 25.8 Å². The van der Waals surface area contributed by atoms with E-state index in [-0.39, 0.29) is 6.61 Å². The molecule has 0 spiro atoms. The maximum Gasteiger partial charge on any atom is 0.0692 e. The molecule has 2 rings (SSSR count). The van der Waals surface area contributed by atoms with Gasteiger partial charge < -0.3 is 10.0 Å². The van der Waals surface area contributed by atoms with Crippen molar-refractivity contribution in [2.24, 2.45) is 0 Å². The monoisotopic (exact) mass is 329 g/mol. The molecule has 0 aromatic heterocycles. The third-order valence-corrected chi connectivity index (χ3v) is 5.52. The van der Waals surface area contributed by atoms with E-state index in [0.717, 1.165) is 23.1 Å². The highest BCUT2D eigenvalue weighted by atomic mass is 79.9. The number of thioether (sulfide) groups is 1. The summed E-state index contributed by atoms with van der Waals surface area (Å²) in [5.74, 6) is 1.17. The fourth-order valence-electron chi connectivity index (χ4n) is 2.14. The first-order valence-electron chi connectivity index (χ1n) is 6.30. The van der Waals surface area contributed by atoms with Crippen LogP contribution in [0.2, 0.25) is 0 Å². The second-order valence-electron chi connectivity index (χ2n) is 5.28. The maximum atomic E-state index is 9.19. The summed E-state index contributed by atoms with van der Waals surface area (Å²) in [5, 5.41) is 9.19. The zero-order valence-electron chi connectivity index (χ0n) is 10.9. The molecule has 1 aromatic rings. The smallest absolute Gasteiger partial charge is 0.0692 e. The van der Waals surface area contributed by atoms with E-state index < -0.39 is 0 Å². The van der Waals surface area contributed by atoms with Gasteiger partial charge in [0.25, 0.3) is 0 Å². The molecule has 1 saturated heterocycles. The Bertz CT molecular complexity index is 422. The third-order valence-electron chi connectivity index (χ3n) is 3.41. The molecular weight excluding hydrogens is 310 g/mol. The summed E-state index contributed by atoms with van der Waals surface area (Å²) >= 11 is 5.58. The lowest BCUT2D eigenvalue weighted by atomic mass is 10.1. The Morgan fingerprint density at radius 1 is 1.39 bits per heavy atom. The van der Waals surface area contributed by atoms with Crippen LogP contribution in [0.4, 0.5) is 5.69 Å². The number of hydrogen-bond donors (Lipinski definition) is 1.